The van der Waals surface area contributed by atoms with Gasteiger partial charge in [-0.3, -0.25) is 4.79 Å². The lowest BCUT2D eigenvalue weighted by molar-refractivity contribution is 0.0719. The number of para-hydroxylation sites is 1. The molecular weight excluding hydrogens is 360 g/mol. The Kier molecular flexibility index (Phi) is 5.90. The number of nitrogens with zero attached hydrogens (tertiary/aromatic N) is 2. The summed E-state index contributed by atoms with van der Waals surface area (Å²) in [6.45, 7) is 4.02. The number of benzene rings is 1. The average Bonchev–Trinajstić information content (AvgIpc) is 3.12. The molecule has 3 N–H and O–H groups in total. The maximum Gasteiger partial charge on any atom is 0.262 e. The van der Waals surface area contributed by atoms with Gasteiger partial charge in [0.15, 0.2) is 0 Å². The molecule has 2 heterocycles. The van der Waals surface area contributed by atoms with E-state index < -0.39 is 0 Å². The fraction of sp³-hybridized carbons (Fsp3) is 0.250. The van der Waals surface area contributed by atoms with E-state index in [0.29, 0.717) is 35.0 Å². The number of pyridine rings is 1. The Morgan fingerprint density at radius 2 is 2.04 bits per heavy atom. The number of amides is 1. The topological polar surface area (TPSA) is 112 Å². The number of hydrogen-bond donors (Lipinski definition) is 2. The first-order valence-electron chi connectivity index (χ1n) is 8.73. The molecule has 0 radical (unpaired) electrons. The van der Waals surface area contributed by atoms with Gasteiger partial charge < -0.3 is 25.0 Å². The summed E-state index contributed by atoms with van der Waals surface area (Å²) in [5.74, 6) is 0.918. The van der Waals surface area contributed by atoms with Gasteiger partial charge in [0.2, 0.25) is 0 Å². The molecule has 2 aromatic heterocycles. The van der Waals surface area contributed by atoms with E-state index in [1.807, 2.05) is 31.2 Å². The predicted octanol–water partition coefficient (Wildman–Crippen LogP) is 3.29. The van der Waals surface area contributed by atoms with Gasteiger partial charge in [0.1, 0.15) is 35.8 Å². The number of nitrogen functional groups attached to an aromatic ring is 1. The first-order chi connectivity index (χ1) is 13.5. The minimum Gasteiger partial charge on any atom is -0.490 e. The molecule has 1 amide bonds. The SMILES string of the molecule is COC(C)COc1ccccc1-c1ccc(NC(=O)c2conc2C)nc1N. The van der Waals surface area contributed by atoms with Gasteiger partial charge in [-0.15, -0.1) is 0 Å². The number of hydrogen-bond acceptors (Lipinski definition) is 7. The second kappa shape index (κ2) is 8.53. The van der Waals surface area contributed by atoms with Crippen molar-refractivity contribution in [3.63, 3.8) is 0 Å². The van der Waals surface area contributed by atoms with Crippen LogP contribution in [0.5, 0.6) is 5.75 Å². The number of nitrogens with two attached hydrogens (primary N) is 1. The van der Waals surface area contributed by atoms with Crippen LogP contribution in [0.25, 0.3) is 11.1 Å². The number of aryl methyl sites for hydroxylation is 1. The van der Waals surface area contributed by atoms with Gasteiger partial charge in [-0.1, -0.05) is 23.4 Å². The van der Waals surface area contributed by atoms with Crippen LogP contribution in [-0.2, 0) is 4.74 Å². The Morgan fingerprint density at radius 3 is 2.71 bits per heavy atom. The van der Waals surface area contributed by atoms with Crippen molar-refractivity contribution in [1.82, 2.24) is 10.1 Å². The molecule has 0 saturated carbocycles. The minimum absolute atomic E-state index is 0.0398. The van der Waals surface area contributed by atoms with Crippen molar-refractivity contribution in [3.05, 3.63) is 53.9 Å². The molecule has 0 saturated heterocycles. The second-order valence-electron chi connectivity index (χ2n) is 6.25. The number of carbonyl (C=O) groups is 1. The quantitative estimate of drug-likeness (QED) is 0.645. The Balaban J connectivity index is 1.81. The van der Waals surface area contributed by atoms with E-state index in [-0.39, 0.29) is 17.8 Å². The molecule has 0 bridgehead atoms. The van der Waals surface area contributed by atoms with E-state index in [2.05, 4.69) is 15.5 Å². The monoisotopic (exact) mass is 382 g/mol. The number of nitrogens with one attached hydrogen (secondary N) is 1. The molecule has 146 valence electrons. The van der Waals surface area contributed by atoms with Crippen LogP contribution < -0.4 is 15.8 Å². The number of methoxy groups -OCH3 is 1. The van der Waals surface area contributed by atoms with Crippen LogP contribution in [0.4, 0.5) is 11.6 Å². The van der Waals surface area contributed by atoms with Crippen LogP contribution >= 0.6 is 0 Å². The molecule has 1 atom stereocenters. The van der Waals surface area contributed by atoms with Crippen molar-refractivity contribution < 1.29 is 18.8 Å². The maximum absolute atomic E-state index is 12.3. The van der Waals surface area contributed by atoms with Crippen molar-refractivity contribution in [2.45, 2.75) is 20.0 Å². The Labute approximate surface area is 162 Å². The molecule has 0 spiro atoms. The molecule has 8 nitrogen and oxygen atoms in total. The number of ether oxygens (including phenoxy) is 2. The minimum atomic E-state index is -0.365. The number of carbonyl (C=O) groups excluding carboxylic acids is 1. The van der Waals surface area contributed by atoms with Gasteiger partial charge >= 0.3 is 0 Å². The zero-order chi connectivity index (χ0) is 20.1. The third kappa shape index (κ3) is 4.29. The summed E-state index contributed by atoms with van der Waals surface area (Å²) in [5.41, 5.74) is 8.51. The third-order valence-electron chi connectivity index (χ3n) is 4.21. The summed E-state index contributed by atoms with van der Waals surface area (Å²) in [7, 11) is 1.63. The highest BCUT2D eigenvalue weighted by molar-refractivity contribution is 6.04. The number of aromatic nitrogens is 2. The molecule has 0 fully saturated rings. The average molecular weight is 382 g/mol. The van der Waals surface area contributed by atoms with Gasteiger partial charge in [-0.2, -0.15) is 0 Å². The summed E-state index contributed by atoms with van der Waals surface area (Å²) in [6.07, 6.45) is 1.25. The molecule has 0 aliphatic rings. The lowest BCUT2D eigenvalue weighted by Crippen LogP contribution is -2.16. The molecule has 1 unspecified atom stereocenters. The summed E-state index contributed by atoms with van der Waals surface area (Å²) in [4.78, 5) is 16.6. The van der Waals surface area contributed by atoms with Crippen LogP contribution in [-0.4, -0.2) is 35.9 Å². The summed E-state index contributed by atoms with van der Waals surface area (Å²) in [5, 5.41) is 6.38. The summed E-state index contributed by atoms with van der Waals surface area (Å²) >= 11 is 0. The van der Waals surface area contributed by atoms with Gasteiger partial charge in [-0.05, 0) is 32.0 Å². The van der Waals surface area contributed by atoms with Crippen LogP contribution in [0.15, 0.2) is 47.2 Å². The molecular formula is C20H22N4O4. The Bertz CT molecular complexity index is 970. The zero-order valence-corrected chi connectivity index (χ0v) is 15.9. The molecule has 0 aliphatic heterocycles. The van der Waals surface area contributed by atoms with Crippen molar-refractivity contribution in [2.24, 2.45) is 0 Å². The Hall–Kier alpha value is -3.39. The van der Waals surface area contributed by atoms with Crippen LogP contribution in [0, 0.1) is 6.92 Å². The Morgan fingerprint density at radius 1 is 1.25 bits per heavy atom. The molecule has 3 aromatic rings. The number of anilines is 2. The van der Waals surface area contributed by atoms with Crippen LogP contribution in [0.3, 0.4) is 0 Å². The molecule has 3 rings (SSSR count). The largest absolute Gasteiger partial charge is 0.490 e. The molecule has 0 aliphatic carbocycles. The normalized spacial score (nSPS) is 11.8. The van der Waals surface area contributed by atoms with E-state index in [1.165, 1.54) is 6.26 Å². The number of rotatable bonds is 7. The lowest BCUT2D eigenvalue weighted by Gasteiger charge is -2.16. The smallest absolute Gasteiger partial charge is 0.262 e. The van der Waals surface area contributed by atoms with E-state index in [9.17, 15) is 4.79 Å². The van der Waals surface area contributed by atoms with E-state index in [0.717, 1.165) is 5.56 Å². The molecule has 1 aromatic carbocycles. The predicted molar refractivity (Wildman–Crippen MR) is 105 cm³/mol. The summed E-state index contributed by atoms with van der Waals surface area (Å²) in [6, 6.07) is 11.0. The lowest BCUT2D eigenvalue weighted by atomic mass is 10.1. The second-order valence-corrected chi connectivity index (χ2v) is 6.25. The van der Waals surface area contributed by atoms with E-state index in [4.69, 9.17) is 19.7 Å². The van der Waals surface area contributed by atoms with Gasteiger partial charge in [0.25, 0.3) is 5.91 Å². The molecule has 28 heavy (non-hydrogen) atoms. The highest BCUT2D eigenvalue weighted by Crippen LogP contribution is 2.33. The van der Waals surface area contributed by atoms with Crippen molar-refractivity contribution >= 4 is 17.5 Å². The highest BCUT2D eigenvalue weighted by Gasteiger charge is 2.16. The molecule has 8 heteroatoms. The van der Waals surface area contributed by atoms with Crippen molar-refractivity contribution in [3.8, 4) is 16.9 Å². The highest BCUT2D eigenvalue weighted by atomic mass is 16.5. The zero-order valence-electron chi connectivity index (χ0n) is 15.9. The fourth-order valence-corrected chi connectivity index (χ4v) is 2.56. The van der Waals surface area contributed by atoms with E-state index in [1.54, 1.807) is 26.2 Å². The van der Waals surface area contributed by atoms with Crippen molar-refractivity contribution in [1.29, 1.82) is 0 Å². The standard InChI is InChI=1S/C20H22N4O4/c1-12(26-3)10-27-17-7-5-4-6-14(17)15-8-9-18(22-19(15)21)23-20(25)16-11-28-24-13(16)2/h4-9,11-12H,10H2,1-3H3,(H3,21,22,23,25). The third-order valence-corrected chi connectivity index (χ3v) is 4.21. The maximum atomic E-state index is 12.3. The van der Waals surface area contributed by atoms with Crippen LogP contribution in [0.2, 0.25) is 0 Å². The fourth-order valence-electron chi connectivity index (χ4n) is 2.56. The summed E-state index contributed by atoms with van der Waals surface area (Å²) < 4.78 is 15.9. The van der Waals surface area contributed by atoms with Crippen LogP contribution in [0.1, 0.15) is 23.0 Å². The van der Waals surface area contributed by atoms with Gasteiger partial charge in [-0.25, -0.2) is 4.98 Å². The van der Waals surface area contributed by atoms with Crippen molar-refractivity contribution in [2.75, 3.05) is 24.8 Å². The van der Waals surface area contributed by atoms with Gasteiger partial charge in [0.05, 0.1) is 11.8 Å². The van der Waals surface area contributed by atoms with Gasteiger partial charge in [0, 0.05) is 18.2 Å². The van der Waals surface area contributed by atoms with E-state index >= 15 is 0 Å². The first kappa shape index (κ1) is 19.4. The first-order valence-corrected chi connectivity index (χ1v) is 8.73.